The van der Waals surface area contributed by atoms with E-state index >= 15 is 0 Å². The van der Waals surface area contributed by atoms with Crippen molar-refractivity contribution in [3.8, 4) is 16.9 Å². The number of pyridine rings is 1. The van der Waals surface area contributed by atoms with Gasteiger partial charge < -0.3 is 29.6 Å². The molecule has 47 heavy (non-hydrogen) atoms. The normalized spacial score (nSPS) is 13.7. The number of rotatable bonds is 11. The molecule has 1 aliphatic heterocycles. The second kappa shape index (κ2) is 15.4. The first-order chi connectivity index (χ1) is 22.7. The molecule has 2 amide bonds. The zero-order chi connectivity index (χ0) is 33.4. The van der Waals surface area contributed by atoms with Crippen LogP contribution in [0.25, 0.3) is 21.9 Å². The van der Waals surface area contributed by atoms with Crippen LogP contribution in [0.1, 0.15) is 37.6 Å². The summed E-state index contributed by atoms with van der Waals surface area (Å²) >= 11 is 0. The third kappa shape index (κ3) is 8.65. The van der Waals surface area contributed by atoms with Crippen LogP contribution in [0.15, 0.2) is 66.9 Å². The van der Waals surface area contributed by atoms with E-state index in [0.717, 1.165) is 66.0 Å². The Bertz CT molecular complexity index is 1690. The number of esters is 1. The number of hydrogen-bond donors (Lipinski definition) is 2. The Morgan fingerprint density at radius 2 is 1.66 bits per heavy atom. The van der Waals surface area contributed by atoms with Crippen LogP contribution in [-0.2, 0) is 37.4 Å². The first kappa shape index (κ1) is 33.8. The van der Waals surface area contributed by atoms with Crippen molar-refractivity contribution in [2.75, 3.05) is 64.4 Å². The third-order valence-electron chi connectivity index (χ3n) is 8.17. The van der Waals surface area contributed by atoms with Gasteiger partial charge in [0.15, 0.2) is 0 Å². The molecule has 1 fully saturated rings. The van der Waals surface area contributed by atoms with E-state index < -0.39 is 12.0 Å². The van der Waals surface area contributed by atoms with Crippen molar-refractivity contribution in [1.29, 1.82) is 0 Å². The van der Waals surface area contributed by atoms with Crippen molar-refractivity contribution in [2.24, 2.45) is 0 Å². The molecule has 2 N–H and O–H groups in total. The van der Waals surface area contributed by atoms with Gasteiger partial charge in [-0.05, 0) is 40.1 Å². The van der Waals surface area contributed by atoms with Crippen LogP contribution in [0.2, 0.25) is 0 Å². The molecule has 10 heteroatoms. The summed E-state index contributed by atoms with van der Waals surface area (Å²) in [4.78, 5) is 33.2. The second-order valence-corrected chi connectivity index (χ2v) is 12.6. The molecular weight excluding hydrogens is 596 g/mol. The van der Waals surface area contributed by atoms with Gasteiger partial charge in [-0.2, -0.15) is 0 Å². The maximum atomic E-state index is 13.5. The number of benzene rings is 3. The van der Waals surface area contributed by atoms with E-state index in [1.54, 1.807) is 7.11 Å². The highest BCUT2D eigenvalue weighted by Crippen LogP contribution is 2.37. The smallest absolute Gasteiger partial charge is 0.323 e. The van der Waals surface area contributed by atoms with Gasteiger partial charge >= 0.3 is 12.0 Å². The highest BCUT2D eigenvalue weighted by molar-refractivity contribution is 6.10. The lowest BCUT2D eigenvalue weighted by Crippen LogP contribution is -2.35. The molecule has 4 aromatic rings. The minimum atomic E-state index is -0.435. The predicted molar refractivity (Wildman–Crippen MR) is 184 cm³/mol. The molecule has 0 bridgehead atoms. The fraction of sp³-hybridized carbons (Fsp3) is 0.378. The summed E-state index contributed by atoms with van der Waals surface area (Å²) in [7, 11) is 3.07. The molecule has 0 saturated carbocycles. The molecule has 10 nitrogen and oxygen atoms in total. The summed E-state index contributed by atoms with van der Waals surface area (Å²) in [5.41, 5.74) is 5.47. The highest BCUT2D eigenvalue weighted by Gasteiger charge is 2.23. The first-order valence-electron chi connectivity index (χ1n) is 15.9. The number of fused-ring (bicyclic) bond motifs is 1. The van der Waals surface area contributed by atoms with E-state index in [1.807, 2.05) is 54.7 Å². The van der Waals surface area contributed by atoms with Gasteiger partial charge in [0.05, 0.1) is 50.4 Å². The van der Waals surface area contributed by atoms with Gasteiger partial charge in [0.2, 0.25) is 0 Å². The van der Waals surface area contributed by atoms with Crippen LogP contribution in [0.5, 0.6) is 5.75 Å². The van der Waals surface area contributed by atoms with Crippen LogP contribution < -0.4 is 15.4 Å². The number of methoxy groups -OCH3 is 2. The van der Waals surface area contributed by atoms with Gasteiger partial charge in [-0.1, -0.05) is 63.2 Å². The van der Waals surface area contributed by atoms with E-state index in [4.69, 9.17) is 23.9 Å². The largest absolute Gasteiger partial charge is 0.494 e. The molecule has 5 rings (SSSR count). The van der Waals surface area contributed by atoms with Crippen LogP contribution >= 0.6 is 0 Å². The lowest BCUT2D eigenvalue weighted by atomic mass is 9.85. The molecule has 2 heterocycles. The number of morpholine rings is 1. The molecular formula is C37H44N4O6. The topological polar surface area (TPSA) is 111 Å². The van der Waals surface area contributed by atoms with Crippen LogP contribution in [-0.4, -0.2) is 75.6 Å². The number of urea groups is 1. The van der Waals surface area contributed by atoms with Gasteiger partial charge in [0.25, 0.3) is 0 Å². The number of anilines is 2. The Morgan fingerprint density at radius 3 is 2.34 bits per heavy atom. The Balaban J connectivity index is 1.37. The molecule has 1 saturated heterocycles. The van der Waals surface area contributed by atoms with Crippen molar-refractivity contribution in [3.05, 3.63) is 83.7 Å². The zero-order valence-corrected chi connectivity index (χ0v) is 27.9. The quantitative estimate of drug-likeness (QED) is 0.143. The number of ether oxygens (including phenoxy) is 4. The number of hydrogen-bond acceptors (Lipinski definition) is 8. The molecule has 0 radical (unpaired) electrons. The summed E-state index contributed by atoms with van der Waals surface area (Å²) in [6, 6.07) is 19.4. The number of nitrogens with zero attached hydrogens (tertiary/aromatic N) is 2. The van der Waals surface area contributed by atoms with E-state index in [-0.39, 0.29) is 18.4 Å². The zero-order valence-electron chi connectivity index (χ0n) is 27.9. The van der Waals surface area contributed by atoms with Crippen molar-refractivity contribution in [3.63, 3.8) is 0 Å². The van der Waals surface area contributed by atoms with E-state index in [9.17, 15) is 9.59 Å². The van der Waals surface area contributed by atoms with Crippen molar-refractivity contribution in [2.45, 2.75) is 39.2 Å². The Morgan fingerprint density at radius 1 is 0.915 bits per heavy atom. The first-order valence-corrected chi connectivity index (χ1v) is 15.9. The Hall–Kier alpha value is -4.51. The van der Waals surface area contributed by atoms with Crippen LogP contribution in [0.4, 0.5) is 16.2 Å². The summed E-state index contributed by atoms with van der Waals surface area (Å²) in [6.07, 6.45) is 1.90. The number of amides is 2. The summed E-state index contributed by atoms with van der Waals surface area (Å²) in [5, 5.41) is 7.89. The Kier molecular flexibility index (Phi) is 11.1. The molecule has 0 aliphatic carbocycles. The molecule has 0 unspecified atom stereocenters. The third-order valence-corrected chi connectivity index (χ3v) is 8.17. The predicted octanol–water partition coefficient (Wildman–Crippen LogP) is 6.42. The lowest BCUT2D eigenvalue weighted by Gasteiger charge is -2.26. The molecule has 3 aromatic carbocycles. The SMILES string of the molecule is COCCOC(=O)Cc1cc(C(C)(C)C)cc(NC(=O)Nc2ccc(-c3ccc(CN4CCOCC4)nc3)c3ccccc23)c1OC. The molecule has 1 aliphatic rings. The standard InChI is InChI=1S/C37H44N4O6/c1-37(2,3)27-20-26(21-34(42)47-19-18-44-4)35(45-5)33(22-27)40-36(43)39-32-13-12-29(30-8-6-7-9-31(30)32)25-10-11-28(38-23-25)24-41-14-16-46-17-15-41/h6-13,20,22-23H,14-19,21,24H2,1-5H3,(H2,39,40,43). The maximum absolute atomic E-state index is 13.5. The van der Waals surface area contributed by atoms with E-state index in [2.05, 4.69) is 48.4 Å². The van der Waals surface area contributed by atoms with Crippen molar-refractivity contribution in [1.82, 2.24) is 9.88 Å². The van der Waals surface area contributed by atoms with Crippen LogP contribution in [0, 0.1) is 0 Å². The second-order valence-electron chi connectivity index (χ2n) is 12.6. The number of aromatic nitrogens is 1. The molecule has 0 spiro atoms. The fourth-order valence-corrected chi connectivity index (χ4v) is 5.63. The fourth-order valence-electron chi connectivity index (χ4n) is 5.63. The maximum Gasteiger partial charge on any atom is 0.323 e. The van der Waals surface area contributed by atoms with E-state index in [1.165, 1.54) is 7.11 Å². The molecule has 0 atom stereocenters. The number of carbonyl (C=O) groups is 2. The monoisotopic (exact) mass is 640 g/mol. The van der Waals surface area contributed by atoms with Crippen molar-refractivity contribution < 1.29 is 28.5 Å². The molecule has 1 aromatic heterocycles. The minimum Gasteiger partial charge on any atom is -0.494 e. The van der Waals surface area contributed by atoms with Crippen LogP contribution in [0.3, 0.4) is 0 Å². The highest BCUT2D eigenvalue weighted by atomic mass is 16.6. The van der Waals surface area contributed by atoms with Gasteiger partial charge in [-0.25, -0.2) is 4.79 Å². The summed E-state index contributed by atoms with van der Waals surface area (Å²) < 4.78 is 21.5. The summed E-state index contributed by atoms with van der Waals surface area (Å²) in [5.74, 6) is -0.00285. The average molecular weight is 641 g/mol. The number of nitrogens with one attached hydrogen (secondary N) is 2. The minimum absolute atomic E-state index is 0.0116. The molecule has 248 valence electrons. The summed E-state index contributed by atoms with van der Waals surface area (Å²) in [6.45, 7) is 10.8. The Labute approximate surface area is 276 Å². The van der Waals surface area contributed by atoms with Gasteiger partial charge in [-0.15, -0.1) is 0 Å². The van der Waals surface area contributed by atoms with E-state index in [0.29, 0.717) is 29.3 Å². The number of carbonyl (C=O) groups excluding carboxylic acids is 2. The van der Waals surface area contributed by atoms with Gasteiger partial charge in [0.1, 0.15) is 12.4 Å². The average Bonchev–Trinajstić information content (AvgIpc) is 3.05. The van der Waals surface area contributed by atoms with Gasteiger partial charge in [-0.3, -0.25) is 14.7 Å². The lowest BCUT2D eigenvalue weighted by molar-refractivity contribution is -0.144. The van der Waals surface area contributed by atoms with Crippen molar-refractivity contribution >= 4 is 34.1 Å². The van der Waals surface area contributed by atoms with Gasteiger partial charge in [0, 0.05) is 49.5 Å².